The number of non-ortho nitro benzene ring substituents is 1. The lowest BCUT2D eigenvalue weighted by molar-refractivity contribution is -0.384. The Morgan fingerprint density at radius 1 is 1.13 bits per heavy atom. The fourth-order valence-electron chi connectivity index (χ4n) is 2.01. The number of rotatable bonds is 6. The molecule has 2 aromatic carbocycles. The van der Waals surface area contributed by atoms with E-state index in [0.717, 1.165) is 11.3 Å². The number of hydrogen-bond donors (Lipinski definition) is 1. The number of nitrogens with zero attached hydrogens (tertiary/aromatic N) is 1. The Hall–Kier alpha value is -3.09. The molecule has 0 spiro atoms. The topological polar surface area (TPSA) is 90.7 Å². The Morgan fingerprint density at radius 2 is 1.83 bits per heavy atom. The van der Waals surface area contributed by atoms with Crippen molar-refractivity contribution in [1.29, 1.82) is 0 Å². The van der Waals surface area contributed by atoms with Crippen LogP contribution in [0, 0.1) is 10.1 Å². The summed E-state index contributed by atoms with van der Waals surface area (Å²) in [6, 6.07) is 11.1. The highest BCUT2D eigenvalue weighted by atomic mass is 16.6. The van der Waals surface area contributed by atoms with Crippen molar-refractivity contribution < 1.29 is 19.2 Å². The van der Waals surface area contributed by atoms with Gasteiger partial charge in [-0.15, -0.1) is 0 Å². The second-order valence-electron chi connectivity index (χ2n) is 4.67. The lowest BCUT2D eigenvalue weighted by Crippen LogP contribution is -2.23. The largest absolute Gasteiger partial charge is 0.497 e. The molecular formula is C16H16N2O5. The summed E-state index contributed by atoms with van der Waals surface area (Å²) in [6.45, 7) is 0.286. The number of nitrogens with one attached hydrogen (secondary N) is 1. The second-order valence-corrected chi connectivity index (χ2v) is 4.67. The van der Waals surface area contributed by atoms with Crippen molar-refractivity contribution in [3.8, 4) is 11.5 Å². The summed E-state index contributed by atoms with van der Waals surface area (Å²) in [7, 11) is 2.98. The highest BCUT2D eigenvalue weighted by molar-refractivity contribution is 5.97. The Kier molecular flexibility index (Phi) is 5.14. The van der Waals surface area contributed by atoms with Gasteiger partial charge >= 0.3 is 0 Å². The van der Waals surface area contributed by atoms with Gasteiger partial charge in [-0.05, 0) is 23.8 Å². The van der Waals surface area contributed by atoms with Crippen molar-refractivity contribution in [3.05, 3.63) is 63.7 Å². The number of nitro groups is 1. The summed E-state index contributed by atoms with van der Waals surface area (Å²) >= 11 is 0. The number of carbonyl (C=O) groups excluding carboxylic acids is 1. The monoisotopic (exact) mass is 316 g/mol. The van der Waals surface area contributed by atoms with E-state index < -0.39 is 10.8 Å². The normalized spacial score (nSPS) is 10.0. The number of hydrogen-bond acceptors (Lipinski definition) is 5. The molecule has 7 heteroatoms. The van der Waals surface area contributed by atoms with E-state index in [4.69, 9.17) is 9.47 Å². The first kappa shape index (κ1) is 16.3. The number of ether oxygens (including phenoxy) is 2. The minimum Gasteiger partial charge on any atom is -0.497 e. The van der Waals surface area contributed by atoms with Crippen molar-refractivity contribution >= 4 is 11.6 Å². The predicted octanol–water partition coefficient (Wildman–Crippen LogP) is 2.54. The molecule has 2 aromatic rings. The van der Waals surface area contributed by atoms with Crippen molar-refractivity contribution in [2.75, 3.05) is 14.2 Å². The van der Waals surface area contributed by atoms with E-state index in [0.29, 0.717) is 0 Å². The van der Waals surface area contributed by atoms with E-state index >= 15 is 0 Å². The summed E-state index contributed by atoms with van der Waals surface area (Å²) in [5, 5.41) is 13.5. The molecule has 0 aliphatic heterocycles. The van der Waals surface area contributed by atoms with E-state index in [9.17, 15) is 14.9 Å². The zero-order valence-corrected chi connectivity index (χ0v) is 12.7. The quantitative estimate of drug-likeness (QED) is 0.653. The molecule has 23 heavy (non-hydrogen) atoms. The Labute approximate surface area is 133 Å². The van der Waals surface area contributed by atoms with E-state index in [1.165, 1.54) is 25.3 Å². The SMILES string of the molecule is COc1ccc(CNC(=O)c2cc([N+](=O)[O-])ccc2OC)cc1. The molecule has 1 amide bonds. The van der Waals surface area contributed by atoms with Gasteiger partial charge in [0, 0.05) is 18.7 Å². The van der Waals surface area contributed by atoms with Crippen LogP contribution >= 0.6 is 0 Å². The minimum atomic E-state index is -0.556. The molecule has 0 radical (unpaired) electrons. The molecule has 0 aromatic heterocycles. The zero-order chi connectivity index (χ0) is 16.8. The van der Waals surface area contributed by atoms with Crippen LogP contribution in [0.1, 0.15) is 15.9 Å². The van der Waals surface area contributed by atoms with Gasteiger partial charge in [0.05, 0.1) is 24.7 Å². The van der Waals surface area contributed by atoms with Gasteiger partial charge in [-0.3, -0.25) is 14.9 Å². The first-order valence-corrected chi connectivity index (χ1v) is 6.78. The summed E-state index contributed by atoms with van der Waals surface area (Å²) in [4.78, 5) is 22.5. The highest BCUT2D eigenvalue weighted by Gasteiger charge is 2.17. The summed E-state index contributed by atoms with van der Waals surface area (Å²) < 4.78 is 10.1. The first-order valence-electron chi connectivity index (χ1n) is 6.78. The highest BCUT2D eigenvalue weighted by Crippen LogP contribution is 2.24. The third kappa shape index (κ3) is 3.97. The van der Waals surface area contributed by atoms with Crippen LogP contribution in [0.5, 0.6) is 11.5 Å². The van der Waals surface area contributed by atoms with Crippen LogP contribution in [-0.4, -0.2) is 25.1 Å². The van der Waals surface area contributed by atoms with Crippen LogP contribution in [-0.2, 0) is 6.54 Å². The maximum absolute atomic E-state index is 12.3. The summed E-state index contributed by atoms with van der Waals surface area (Å²) in [6.07, 6.45) is 0. The average Bonchev–Trinajstić information content (AvgIpc) is 2.59. The van der Waals surface area contributed by atoms with Crippen molar-refractivity contribution in [3.63, 3.8) is 0 Å². The molecular weight excluding hydrogens is 300 g/mol. The molecule has 0 fully saturated rings. The van der Waals surface area contributed by atoms with E-state index in [1.54, 1.807) is 19.2 Å². The first-order chi connectivity index (χ1) is 11.0. The minimum absolute atomic E-state index is 0.121. The number of methoxy groups -OCH3 is 2. The van der Waals surface area contributed by atoms with Gasteiger partial charge in [0.1, 0.15) is 11.5 Å². The molecule has 0 atom stereocenters. The third-order valence-corrected chi connectivity index (χ3v) is 3.25. The van der Waals surface area contributed by atoms with Crippen molar-refractivity contribution in [1.82, 2.24) is 5.32 Å². The lowest BCUT2D eigenvalue weighted by atomic mass is 10.1. The van der Waals surface area contributed by atoms with Crippen molar-refractivity contribution in [2.24, 2.45) is 0 Å². The van der Waals surface area contributed by atoms with E-state index in [2.05, 4.69) is 5.32 Å². The Bertz CT molecular complexity index is 713. The summed E-state index contributed by atoms with van der Waals surface area (Å²) in [5.41, 5.74) is 0.833. The molecule has 7 nitrogen and oxygen atoms in total. The molecule has 0 bridgehead atoms. The Morgan fingerprint density at radius 3 is 2.39 bits per heavy atom. The molecule has 1 N–H and O–H groups in total. The smallest absolute Gasteiger partial charge is 0.270 e. The fourth-order valence-corrected chi connectivity index (χ4v) is 2.01. The Balaban J connectivity index is 2.12. The van der Waals surface area contributed by atoms with Gasteiger partial charge in [-0.2, -0.15) is 0 Å². The fraction of sp³-hybridized carbons (Fsp3) is 0.188. The molecule has 2 rings (SSSR count). The molecule has 0 heterocycles. The number of nitro benzene ring substituents is 1. The molecule has 0 aliphatic rings. The molecule has 0 saturated heterocycles. The molecule has 0 saturated carbocycles. The summed E-state index contributed by atoms with van der Waals surface area (Å²) in [5.74, 6) is 0.560. The molecule has 0 unspecified atom stereocenters. The van der Waals surface area contributed by atoms with Gasteiger partial charge in [0.25, 0.3) is 11.6 Å². The third-order valence-electron chi connectivity index (χ3n) is 3.25. The van der Waals surface area contributed by atoms with Crippen LogP contribution in [0.2, 0.25) is 0 Å². The van der Waals surface area contributed by atoms with Crippen LogP contribution in [0.15, 0.2) is 42.5 Å². The second kappa shape index (κ2) is 7.26. The van der Waals surface area contributed by atoms with Crippen LogP contribution in [0.3, 0.4) is 0 Å². The van der Waals surface area contributed by atoms with E-state index in [1.807, 2.05) is 12.1 Å². The molecule has 120 valence electrons. The standard InChI is InChI=1S/C16H16N2O5/c1-22-13-6-3-11(4-7-13)10-17-16(19)14-9-12(18(20)21)5-8-15(14)23-2/h3-9H,10H2,1-2H3,(H,17,19). The zero-order valence-electron chi connectivity index (χ0n) is 12.7. The lowest BCUT2D eigenvalue weighted by Gasteiger charge is -2.09. The predicted molar refractivity (Wildman–Crippen MR) is 83.8 cm³/mol. The van der Waals surface area contributed by atoms with Gasteiger partial charge in [-0.25, -0.2) is 0 Å². The number of carbonyl (C=O) groups is 1. The van der Waals surface area contributed by atoms with Crippen LogP contribution < -0.4 is 14.8 Å². The van der Waals surface area contributed by atoms with E-state index in [-0.39, 0.29) is 23.5 Å². The number of benzene rings is 2. The van der Waals surface area contributed by atoms with Gasteiger partial charge in [-0.1, -0.05) is 12.1 Å². The molecule has 0 aliphatic carbocycles. The number of amides is 1. The van der Waals surface area contributed by atoms with Crippen LogP contribution in [0.4, 0.5) is 5.69 Å². The van der Waals surface area contributed by atoms with Gasteiger partial charge in [0.2, 0.25) is 0 Å². The average molecular weight is 316 g/mol. The van der Waals surface area contributed by atoms with Crippen LogP contribution in [0.25, 0.3) is 0 Å². The van der Waals surface area contributed by atoms with Gasteiger partial charge in [0.15, 0.2) is 0 Å². The van der Waals surface area contributed by atoms with Gasteiger partial charge < -0.3 is 14.8 Å². The maximum atomic E-state index is 12.3. The maximum Gasteiger partial charge on any atom is 0.270 e. The van der Waals surface area contributed by atoms with Crippen molar-refractivity contribution in [2.45, 2.75) is 6.54 Å².